The second-order valence-corrected chi connectivity index (χ2v) is 9.50. The number of nitrogens with zero attached hydrogens (tertiary/aromatic N) is 3. The highest BCUT2D eigenvalue weighted by Crippen LogP contribution is 2.41. The fraction of sp³-hybridized carbons (Fsp3) is 0.367. The van der Waals surface area contributed by atoms with Gasteiger partial charge in [-0.3, -0.25) is 4.90 Å². The lowest BCUT2D eigenvalue weighted by Gasteiger charge is -2.35. The first kappa shape index (κ1) is 27.3. The van der Waals surface area contributed by atoms with Gasteiger partial charge in [-0.1, -0.05) is 36.4 Å². The summed E-state index contributed by atoms with van der Waals surface area (Å²) in [5, 5.41) is 13.0. The van der Waals surface area contributed by atoms with Gasteiger partial charge in [0.15, 0.2) is 11.5 Å². The summed E-state index contributed by atoms with van der Waals surface area (Å²) in [6, 6.07) is 15.9. The summed E-state index contributed by atoms with van der Waals surface area (Å²) in [5.41, 5.74) is 4.13. The third-order valence-corrected chi connectivity index (χ3v) is 6.51. The van der Waals surface area contributed by atoms with Gasteiger partial charge in [-0.25, -0.2) is 4.99 Å². The van der Waals surface area contributed by atoms with Crippen LogP contribution in [0.3, 0.4) is 0 Å². The molecule has 1 atom stereocenters. The molecule has 0 aliphatic carbocycles. The Kier molecular flexibility index (Phi) is 9.10. The van der Waals surface area contributed by atoms with E-state index >= 15 is 0 Å². The predicted octanol–water partition coefficient (Wildman–Crippen LogP) is 4.93. The molecule has 0 amide bonds. The van der Waals surface area contributed by atoms with Crippen molar-refractivity contribution >= 4 is 11.5 Å². The topological polar surface area (TPSA) is 80.5 Å². The van der Waals surface area contributed by atoms with Crippen LogP contribution in [0.25, 0.3) is 0 Å². The summed E-state index contributed by atoms with van der Waals surface area (Å²) in [4.78, 5) is 7.22. The summed E-state index contributed by atoms with van der Waals surface area (Å²) >= 11 is 0. The van der Waals surface area contributed by atoms with Crippen LogP contribution in [0.15, 0.2) is 77.6 Å². The Bertz CT molecular complexity index is 1240. The summed E-state index contributed by atoms with van der Waals surface area (Å²) in [6.45, 7) is 8.75. The minimum atomic E-state index is -0.234. The number of aromatic nitrogens is 1. The zero-order chi connectivity index (χ0) is 27.1. The fourth-order valence-electron chi connectivity index (χ4n) is 4.39. The molecule has 8 nitrogen and oxygen atoms in total. The standard InChI is InChI=1S/C30H38N4O4/c1-6-21(2)30(34-13-12-24(17-34)16-33-18-26(35)19-33)32-22(3)31-25-14-27(36-4)29(28(15-25)37-5)38-20-23-10-8-7-9-11-23/h6-15,17,22,26,31,35H,16,18-20H2,1-5H3/b21-6-,32-30+. The number of β-amino-alcohol motifs (C(OH)–C–C–N with tert-alkyl or cyclic N) is 1. The second kappa shape index (κ2) is 12.7. The average Bonchev–Trinajstić information content (AvgIpc) is 3.37. The number of nitrogens with one attached hydrogen (secondary N) is 1. The number of ether oxygens (including phenoxy) is 3. The number of hydrogen-bond donors (Lipinski definition) is 2. The maximum Gasteiger partial charge on any atom is 0.204 e. The molecule has 3 aromatic rings. The molecule has 1 fully saturated rings. The van der Waals surface area contributed by atoms with E-state index in [0.29, 0.717) is 23.9 Å². The van der Waals surface area contributed by atoms with Gasteiger partial charge < -0.3 is 29.2 Å². The molecule has 202 valence electrons. The Labute approximate surface area is 225 Å². The monoisotopic (exact) mass is 518 g/mol. The lowest BCUT2D eigenvalue weighted by molar-refractivity contribution is -0.00285. The number of likely N-dealkylation sites (tertiary alicyclic amines) is 1. The number of aliphatic hydroxyl groups is 1. The molecule has 1 aliphatic heterocycles. The van der Waals surface area contributed by atoms with Gasteiger partial charge >= 0.3 is 0 Å². The molecule has 2 aromatic carbocycles. The van der Waals surface area contributed by atoms with Gasteiger partial charge in [-0.15, -0.1) is 0 Å². The zero-order valence-corrected chi connectivity index (χ0v) is 22.8. The highest BCUT2D eigenvalue weighted by molar-refractivity contribution is 5.99. The van der Waals surface area contributed by atoms with Crippen LogP contribution < -0.4 is 19.5 Å². The Morgan fingerprint density at radius 1 is 1.11 bits per heavy atom. The molecular weight excluding hydrogens is 480 g/mol. The first-order valence-electron chi connectivity index (χ1n) is 12.9. The van der Waals surface area contributed by atoms with E-state index in [4.69, 9.17) is 19.2 Å². The van der Waals surface area contributed by atoms with E-state index in [-0.39, 0.29) is 12.3 Å². The Morgan fingerprint density at radius 2 is 1.79 bits per heavy atom. The van der Waals surface area contributed by atoms with E-state index in [1.165, 1.54) is 5.56 Å². The van der Waals surface area contributed by atoms with Crippen molar-refractivity contribution in [2.45, 2.75) is 46.2 Å². The number of methoxy groups -OCH3 is 2. The van der Waals surface area contributed by atoms with E-state index < -0.39 is 0 Å². The zero-order valence-electron chi connectivity index (χ0n) is 22.8. The van der Waals surface area contributed by atoms with Gasteiger partial charge in [0.05, 0.1) is 20.3 Å². The molecule has 4 rings (SSSR count). The van der Waals surface area contributed by atoms with Crippen molar-refractivity contribution in [3.05, 3.63) is 83.7 Å². The van der Waals surface area contributed by atoms with Gasteiger partial charge in [0.1, 0.15) is 18.6 Å². The molecule has 8 heteroatoms. The van der Waals surface area contributed by atoms with Crippen molar-refractivity contribution in [3.63, 3.8) is 0 Å². The first-order chi connectivity index (χ1) is 18.4. The van der Waals surface area contributed by atoms with Gasteiger partial charge in [-0.05, 0) is 43.5 Å². The van der Waals surface area contributed by atoms with Crippen molar-refractivity contribution < 1.29 is 19.3 Å². The molecule has 1 unspecified atom stereocenters. The average molecular weight is 519 g/mol. The Morgan fingerprint density at radius 3 is 2.39 bits per heavy atom. The molecule has 38 heavy (non-hydrogen) atoms. The molecule has 1 aliphatic rings. The molecule has 0 radical (unpaired) electrons. The first-order valence-corrected chi connectivity index (χ1v) is 12.9. The highest BCUT2D eigenvalue weighted by atomic mass is 16.5. The summed E-state index contributed by atoms with van der Waals surface area (Å²) in [7, 11) is 3.24. The number of anilines is 1. The molecule has 2 heterocycles. The van der Waals surface area contributed by atoms with E-state index in [1.807, 2.05) is 62.5 Å². The minimum Gasteiger partial charge on any atom is -0.493 e. The van der Waals surface area contributed by atoms with E-state index in [9.17, 15) is 5.11 Å². The smallest absolute Gasteiger partial charge is 0.204 e. The number of benzene rings is 2. The van der Waals surface area contributed by atoms with Crippen LogP contribution in [0.5, 0.6) is 17.2 Å². The number of rotatable bonds is 11. The van der Waals surface area contributed by atoms with Crippen molar-refractivity contribution in [2.24, 2.45) is 4.99 Å². The highest BCUT2D eigenvalue weighted by Gasteiger charge is 2.24. The van der Waals surface area contributed by atoms with Crippen LogP contribution in [0.4, 0.5) is 5.69 Å². The Hall–Kier alpha value is -3.75. The van der Waals surface area contributed by atoms with Gasteiger partial charge in [-0.2, -0.15) is 0 Å². The number of allylic oxidation sites excluding steroid dienone is 2. The molecule has 1 saturated heterocycles. The van der Waals surface area contributed by atoms with Gasteiger partial charge in [0, 0.05) is 49.8 Å². The van der Waals surface area contributed by atoms with Crippen LogP contribution >= 0.6 is 0 Å². The normalized spacial score (nSPS) is 15.6. The van der Waals surface area contributed by atoms with Crippen molar-refractivity contribution in [3.8, 4) is 17.2 Å². The van der Waals surface area contributed by atoms with Crippen LogP contribution in [0.2, 0.25) is 0 Å². The van der Waals surface area contributed by atoms with Crippen molar-refractivity contribution in [2.75, 3.05) is 32.6 Å². The van der Waals surface area contributed by atoms with E-state index in [0.717, 1.165) is 42.3 Å². The van der Waals surface area contributed by atoms with Crippen LogP contribution in [-0.4, -0.2) is 60.0 Å². The molecule has 0 bridgehead atoms. The van der Waals surface area contributed by atoms with Crippen molar-refractivity contribution in [1.29, 1.82) is 0 Å². The van der Waals surface area contributed by atoms with Crippen LogP contribution in [0.1, 0.15) is 31.9 Å². The number of aliphatic hydroxyl groups excluding tert-OH is 1. The third kappa shape index (κ3) is 6.76. The molecule has 0 saturated carbocycles. The van der Waals surface area contributed by atoms with Gasteiger partial charge in [0.2, 0.25) is 5.75 Å². The van der Waals surface area contributed by atoms with Gasteiger partial charge in [0.25, 0.3) is 0 Å². The lowest BCUT2D eigenvalue weighted by Crippen LogP contribution is -2.49. The fourth-order valence-corrected chi connectivity index (χ4v) is 4.39. The maximum atomic E-state index is 9.57. The molecular formula is C30H38N4O4. The predicted molar refractivity (Wildman–Crippen MR) is 151 cm³/mol. The molecule has 1 aromatic heterocycles. The summed E-state index contributed by atoms with van der Waals surface area (Å²) in [5.74, 6) is 2.58. The molecule has 0 spiro atoms. The van der Waals surface area contributed by atoms with Crippen molar-refractivity contribution in [1.82, 2.24) is 9.47 Å². The number of aliphatic imine (C=N–C) groups is 1. The largest absolute Gasteiger partial charge is 0.493 e. The van der Waals surface area contributed by atoms with E-state index in [2.05, 4.69) is 40.0 Å². The third-order valence-electron chi connectivity index (χ3n) is 6.51. The lowest BCUT2D eigenvalue weighted by atomic mass is 10.1. The molecule has 2 N–H and O–H groups in total. The van der Waals surface area contributed by atoms with Crippen LogP contribution in [0, 0.1) is 0 Å². The minimum absolute atomic E-state index is 0.201. The number of hydrogen-bond acceptors (Lipinski definition) is 7. The second-order valence-electron chi connectivity index (χ2n) is 9.50. The summed E-state index contributed by atoms with van der Waals surface area (Å²) < 4.78 is 19.4. The van der Waals surface area contributed by atoms with E-state index in [1.54, 1.807) is 14.2 Å². The quantitative estimate of drug-likeness (QED) is 0.277. The summed E-state index contributed by atoms with van der Waals surface area (Å²) in [6.07, 6.45) is 5.76. The van der Waals surface area contributed by atoms with Crippen LogP contribution in [-0.2, 0) is 13.2 Å². The SMILES string of the molecule is C/C=C(C)\C(=N/C(C)Nc1cc(OC)c(OCc2ccccc2)c(OC)c1)n1ccc(CN2CC(O)C2)c1. The Balaban J connectivity index is 1.51. The maximum absolute atomic E-state index is 9.57.